The van der Waals surface area contributed by atoms with Crippen molar-refractivity contribution in [1.82, 2.24) is 9.97 Å². The number of aromatic nitrogens is 2. The normalized spacial score (nSPS) is 11.1. The number of rotatable bonds is 5. The Bertz CT molecular complexity index is 932. The molecular weight excluding hydrogens is 318 g/mol. The smallest absolute Gasteiger partial charge is 0.343 e. The lowest BCUT2D eigenvalue weighted by molar-refractivity contribution is -0.142. The molecule has 0 unspecified atom stereocenters. The van der Waals surface area contributed by atoms with E-state index in [2.05, 4.69) is 20.8 Å². The molecule has 1 aromatic heterocycles. The van der Waals surface area contributed by atoms with Gasteiger partial charge >= 0.3 is 5.97 Å². The molecular formula is C19H15N3O3. The molecule has 1 heterocycles. The van der Waals surface area contributed by atoms with E-state index in [1.54, 1.807) is 30.3 Å². The van der Waals surface area contributed by atoms with Crippen LogP contribution in [0, 0.1) is 11.3 Å². The second-order valence-electron chi connectivity index (χ2n) is 5.21. The summed E-state index contributed by atoms with van der Waals surface area (Å²) in [4.78, 5) is 18.6. The third-order valence-corrected chi connectivity index (χ3v) is 3.54. The number of esters is 1. The van der Waals surface area contributed by atoms with Gasteiger partial charge in [0, 0.05) is 0 Å². The van der Waals surface area contributed by atoms with Gasteiger partial charge in [-0.05, 0) is 35.9 Å². The summed E-state index contributed by atoms with van der Waals surface area (Å²) in [5, 5.41) is 9.44. The lowest BCUT2D eigenvalue weighted by Gasteiger charge is -2.04. The number of benzene rings is 2. The summed E-state index contributed by atoms with van der Waals surface area (Å²) in [6.45, 7) is -0.145. The first-order valence-electron chi connectivity index (χ1n) is 7.56. The Hall–Kier alpha value is -3.59. The summed E-state index contributed by atoms with van der Waals surface area (Å²) in [6.07, 6.45) is 1.74. The molecule has 2 aromatic carbocycles. The number of H-pyrrole nitrogens is 1. The topological polar surface area (TPSA) is 88.0 Å². The van der Waals surface area contributed by atoms with Crippen molar-refractivity contribution >= 4 is 28.7 Å². The van der Waals surface area contributed by atoms with Gasteiger partial charge in [-0.1, -0.05) is 24.3 Å². The van der Waals surface area contributed by atoms with E-state index >= 15 is 0 Å². The summed E-state index contributed by atoms with van der Waals surface area (Å²) in [5.41, 5.74) is 2.94. The molecule has 25 heavy (non-hydrogen) atoms. The van der Waals surface area contributed by atoms with Crippen LogP contribution in [0.1, 0.15) is 11.4 Å². The van der Waals surface area contributed by atoms with Crippen molar-refractivity contribution in [2.24, 2.45) is 0 Å². The van der Waals surface area contributed by atoms with Crippen LogP contribution in [0.5, 0.6) is 5.75 Å². The Balaban J connectivity index is 1.80. The maximum Gasteiger partial charge on any atom is 0.343 e. The molecule has 0 aliphatic rings. The highest BCUT2D eigenvalue weighted by Gasteiger charge is 2.08. The summed E-state index contributed by atoms with van der Waals surface area (Å²) < 4.78 is 9.81. The summed E-state index contributed by atoms with van der Waals surface area (Å²) in [6, 6.07) is 16.8. The number of nitriles is 1. The standard InChI is InChI=1S/C19H15N3O3/c1-24-18(23)12-25-15-8-6-13(7-9-15)10-14(11-20)19-21-16-4-2-3-5-17(16)22-19/h2-10H,12H2,1H3,(H,21,22). The molecule has 3 rings (SSSR count). The number of imidazole rings is 1. The molecule has 0 aliphatic carbocycles. The van der Waals surface area contributed by atoms with Crippen LogP contribution < -0.4 is 4.74 Å². The quantitative estimate of drug-likeness (QED) is 0.572. The number of carbonyl (C=O) groups is 1. The lowest BCUT2D eigenvalue weighted by Crippen LogP contribution is -2.12. The van der Waals surface area contributed by atoms with Crippen molar-refractivity contribution in [2.75, 3.05) is 13.7 Å². The van der Waals surface area contributed by atoms with Crippen molar-refractivity contribution in [2.45, 2.75) is 0 Å². The monoisotopic (exact) mass is 333 g/mol. The molecule has 0 amide bonds. The number of methoxy groups -OCH3 is 1. The van der Waals surface area contributed by atoms with Gasteiger partial charge in [0.25, 0.3) is 0 Å². The van der Waals surface area contributed by atoms with Crippen LogP contribution in [-0.2, 0) is 9.53 Å². The molecule has 0 aliphatic heterocycles. The van der Waals surface area contributed by atoms with Gasteiger partial charge < -0.3 is 14.5 Å². The van der Waals surface area contributed by atoms with E-state index in [9.17, 15) is 10.1 Å². The Morgan fingerprint density at radius 2 is 2.00 bits per heavy atom. The Morgan fingerprint density at radius 1 is 1.24 bits per heavy atom. The van der Waals surface area contributed by atoms with Crippen molar-refractivity contribution in [3.63, 3.8) is 0 Å². The minimum absolute atomic E-state index is 0.145. The van der Waals surface area contributed by atoms with Gasteiger partial charge in [-0.15, -0.1) is 0 Å². The number of carbonyl (C=O) groups excluding carboxylic acids is 1. The molecule has 0 spiro atoms. The number of hydrogen-bond donors (Lipinski definition) is 1. The van der Waals surface area contributed by atoms with E-state index in [1.165, 1.54) is 7.11 Å². The van der Waals surface area contributed by atoms with Crippen LogP contribution in [-0.4, -0.2) is 29.7 Å². The average Bonchev–Trinajstić information content (AvgIpc) is 3.09. The van der Waals surface area contributed by atoms with Crippen molar-refractivity contribution < 1.29 is 14.3 Å². The summed E-state index contributed by atoms with van der Waals surface area (Å²) in [5.74, 6) is 0.625. The van der Waals surface area contributed by atoms with Crippen molar-refractivity contribution in [1.29, 1.82) is 5.26 Å². The first-order valence-corrected chi connectivity index (χ1v) is 7.56. The second kappa shape index (κ2) is 7.32. The molecule has 0 fully saturated rings. The molecule has 0 bridgehead atoms. The van der Waals surface area contributed by atoms with Crippen LogP contribution in [0.2, 0.25) is 0 Å². The SMILES string of the molecule is COC(=O)COc1ccc(C=C(C#N)c2nc3ccccc3[nH]2)cc1. The highest BCUT2D eigenvalue weighted by molar-refractivity contribution is 5.90. The highest BCUT2D eigenvalue weighted by Crippen LogP contribution is 2.20. The van der Waals surface area contributed by atoms with Gasteiger partial charge in [0.05, 0.1) is 23.7 Å². The fraction of sp³-hybridized carbons (Fsp3) is 0.105. The van der Waals surface area contributed by atoms with Gasteiger partial charge in [0.15, 0.2) is 6.61 Å². The first kappa shape index (κ1) is 16.3. The number of fused-ring (bicyclic) bond motifs is 1. The van der Waals surface area contributed by atoms with E-state index in [0.29, 0.717) is 17.1 Å². The number of para-hydroxylation sites is 2. The molecule has 0 saturated heterocycles. The number of ether oxygens (including phenoxy) is 2. The van der Waals surface area contributed by atoms with Crippen molar-refractivity contribution in [3.8, 4) is 11.8 Å². The summed E-state index contributed by atoms with van der Waals surface area (Å²) in [7, 11) is 1.31. The number of nitrogens with one attached hydrogen (secondary N) is 1. The predicted octanol–water partition coefficient (Wildman–Crippen LogP) is 3.18. The van der Waals surface area contributed by atoms with E-state index in [1.807, 2.05) is 24.3 Å². The second-order valence-corrected chi connectivity index (χ2v) is 5.21. The van der Waals surface area contributed by atoms with E-state index in [0.717, 1.165) is 16.6 Å². The largest absolute Gasteiger partial charge is 0.482 e. The predicted molar refractivity (Wildman–Crippen MR) is 93.5 cm³/mol. The Kier molecular flexibility index (Phi) is 4.77. The number of nitrogens with zero attached hydrogens (tertiary/aromatic N) is 2. The molecule has 0 atom stereocenters. The third kappa shape index (κ3) is 3.85. The zero-order valence-corrected chi connectivity index (χ0v) is 13.5. The number of allylic oxidation sites excluding steroid dienone is 1. The van der Waals surface area contributed by atoms with E-state index in [-0.39, 0.29) is 6.61 Å². The van der Waals surface area contributed by atoms with Crippen LogP contribution in [0.3, 0.4) is 0 Å². The van der Waals surface area contributed by atoms with Gasteiger partial charge in [0.2, 0.25) is 0 Å². The average molecular weight is 333 g/mol. The Labute approximate surface area is 144 Å². The molecule has 1 N–H and O–H groups in total. The molecule has 3 aromatic rings. The molecule has 6 heteroatoms. The molecule has 124 valence electrons. The van der Waals surface area contributed by atoms with E-state index < -0.39 is 5.97 Å². The molecule has 6 nitrogen and oxygen atoms in total. The minimum atomic E-state index is -0.444. The van der Waals surface area contributed by atoms with Crippen LogP contribution in [0.4, 0.5) is 0 Å². The van der Waals surface area contributed by atoms with Gasteiger partial charge in [0.1, 0.15) is 17.6 Å². The van der Waals surface area contributed by atoms with Gasteiger partial charge in [-0.2, -0.15) is 5.26 Å². The lowest BCUT2D eigenvalue weighted by atomic mass is 10.1. The van der Waals surface area contributed by atoms with Crippen LogP contribution >= 0.6 is 0 Å². The fourth-order valence-electron chi connectivity index (χ4n) is 2.26. The Morgan fingerprint density at radius 3 is 2.68 bits per heavy atom. The zero-order chi connectivity index (χ0) is 17.6. The van der Waals surface area contributed by atoms with E-state index in [4.69, 9.17) is 4.74 Å². The van der Waals surface area contributed by atoms with Gasteiger partial charge in [-0.25, -0.2) is 9.78 Å². The van der Waals surface area contributed by atoms with Crippen LogP contribution in [0.25, 0.3) is 22.7 Å². The minimum Gasteiger partial charge on any atom is -0.482 e. The summed E-state index contributed by atoms with van der Waals surface area (Å²) >= 11 is 0. The molecule has 0 radical (unpaired) electrons. The third-order valence-electron chi connectivity index (χ3n) is 3.54. The molecule has 0 saturated carbocycles. The van der Waals surface area contributed by atoms with Crippen LogP contribution in [0.15, 0.2) is 48.5 Å². The number of hydrogen-bond acceptors (Lipinski definition) is 5. The maximum atomic E-state index is 11.1. The number of aromatic amines is 1. The highest BCUT2D eigenvalue weighted by atomic mass is 16.6. The maximum absolute atomic E-state index is 11.1. The fourth-order valence-corrected chi connectivity index (χ4v) is 2.26. The van der Waals surface area contributed by atoms with Crippen molar-refractivity contribution in [3.05, 3.63) is 59.9 Å². The zero-order valence-electron chi connectivity index (χ0n) is 13.5. The first-order chi connectivity index (χ1) is 12.2. The van der Waals surface area contributed by atoms with Gasteiger partial charge in [-0.3, -0.25) is 0 Å².